The second kappa shape index (κ2) is 25.9. The Kier molecular flexibility index (Phi) is 64.1. The van der Waals surface area contributed by atoms with E-state index in [-0.39, 0.29) is 82.0 Å². The van der Waals surface area contributed by atoms with Gasteiger partial charge in [0.15, 0.2) is 30.4 Å². The summed E-state index contributed by atoms with van der Waals surface area (Å²) in [5.74, 6) is 0. The van der Waals surface area contributed by atoms with Crippen molar-refractivity contribution < 1.29 is 160 Å². The van der Waals surface area contributed by atoms with E-state index in [1.165, 1.54) is 0 Å². The quantitative estimate of drug-likeness (QED) is 0.0997. The predicted octanol–water partition coefficient (Wildman–Crippen LogP) is -8.15. The van der Waals surface area contributed by atoms with Crippen LogP contribution in [0.25, 0.3) is 0 Å². The van der Waals surface area contributed by atoms with Crippen molar-refractivity contribution in [3.63, 3.8) is 0 Å². The van der Waals surface area contributed by atoms with E-state index in [0.717, 1.165) is 0 Å². The van der Waals surface area contributed by atoms with Gasteiger partial charge < -0.3 is 62.9 Å². The van der Waals surface area contributed by atoms with Crippen molar-refractivity contribution in [3.8, 4) is 0 Å². The standard InChI is InChI=1S/3CHF3O3S.9H2O.Y/c3*2-1(3,4)8(5,6)7;;;;;;;;;;/h3*(H,5,6,7);9*1H2;/q;;;;;;;;;;;;+3/p+6. The van der Waals surface area contributed by atoms with Crippen LogP contribution in [-0.4, -0.2) is 55.4 Å². The van der Waals surface area contributed by atoms with Crippen LogP contribution >= 0.6 is 0 Å². The van der Waals surface area contributed by atoms with Gasteiger partial charge in [0, 0.05) is 0 Å². The maximum absolute atomic E-state index is 10.7. The van der Waals surface area contributed by atoms with Crippen LogP contribution in [0, 0.1) is 0 Å². The zero-order valence-corrected chi connectivity index (χ0v) is 20.9. The van der Waals surface area contributed by atoms with Crippen LogP contribution < -0.4 is 0 Å². The molecule has 0 aliphatic carbocycles. The molecule has 27 N–H and O–H groups in total. The van der Waals surface area contributed by atoms with E-state index < -0.39 is 46.9 Å². The molecule has 0 saturated heterocycles. The third kappa shape index (κ3) is 42.0. The maximum Gasteiger partial charge on any atom is 3.00 e. The first-order valence-electron chi connectivity index (χ1n) is 3.81. The molecule has 0 radical (unpaired) electrons. The van der Waals surface area contributed by atoms with E-state index in [2.05, 4.69) is 0 Å². The second-order valence-corrected chi connectivity index (χ2v) is 6.81. The zero-order chi connectivity index (χ0) is 21.0. The molecule has 0 spiro atoms. The molecule has 0 aromatic heterocycles. The molecular formula is C3H27F9O18S3Y+9. The van der Waals surface area contributed by atoms with Gasteiger partial charge in [-0.3, -0.25) is 0 Å². The summed E-state index contributed by atoms with van der Waals surface area (Å²) in [6.45, 7) is 0. The maximum atomic E-state index is 10.7. The number of rotatable bonds is 0. The summed E-state index contributed by atoms with van der Waals surface area (Å²) in [5, 5.41) is 0. The Morgan fingerprint density at radius 3 is 0.382 bits per heavy atom. The summed E-state index contributed by atoms with van der Waals surface area (Å²) in [7, 11) is -18.3. The summed E-state index contributed by atoms with van der Waals surface area (Å²) in [5.41, 5.74) is -16.9. The Morgan fingerprint density at radius 1 is 0.353 bits per heavy atom. The molecule has 0 bridgehead atoms. The first kappa shape index (κ1) is 84.0. The average molecular weight is 707 g/mol. The van der Waals surface area contributed by atoms with Crippen molar-refractivity contribution in [1.29, 1.82) is 0 Å². The van der Waals surface area contributed by atoms with E-state index in [9.17, 15) is 39.5 Å². The molecule has 0 fully saturated rings. The third-order valence-electron chi connectivity index (χ3n) is 0.850. The van der Waals surface area contributed by atoms with Crippen molar-refractivity contribution in [2.24, 2.45) is 0 Å². The summed E-state index contributed by atoms with van der Waals surface area (Å²) < 4.78 is 177. The molecule has 0 heterocycles. The van der Waals surface area contributed by atoms with Gasteiger partial charge in [0.2, 0.25) is 0 Å². The van der Waals surface area contributed by atoms with Gasteiger partial charge in [0.05, 0.1) is 0 Å². The molecular weight excluding hydrogens is 680 g/mol. The number of hydrogen-bond donors (Lipinski definition) is 0. The van der Waals surface area contributed by atoms with Crippen LogP contribution in [-0.2, 0) is 112 Å². The predicted molar refractivity (Wildman–Crippen MR) is 91.1 cm³/mol. The molecule has 0 amide bonds. The minimum atomic E-state index is -6.09. The molecule has 0 aromatic carbocycles. The van der Waals surface area contributed by atoms with Crippen molar-refractivity contribution >= 4 is 30.4 Å². The Hall–Kier alpha value is -0.156. The van der Waals surface area contributed by atoms with Gasteiger partial charge in [-0.25, -0.2) is 25.3 Å². The molecule has 0 aliphatic rings. The average Bonchev–Trinajstić information content (AvgIpc) is 2.08. The van der Waals surface area contributed by atoms with Gasteiger partial charge in [-0.2, -0.15) is 39.5 Å². The topological polar surface area (TPSA) is 469 Å². The van der Waals surface area contributed by atoms with Crippen LogP contribution in [0.5, 0.6) is 0 Å². The van der Waals surface area contributed by atoms with Crippen LogP contribution in [0.3, 0.4) is 0 Å². The molecule has 0 saturated carbocycles. The van der Waals surface area contributed by atoms with Crippen LogP contribution in [0.4, 0.5) is 39.5 Å². The van der Waals surface area contributed by atoms with Gasteiger partial charge in [0.1, 0.15) is 0 Å². The molecule has 0 aliphatic heterocycles. The second-order valence-electron chi connectivity index (χ2n) is 2.70. The van der Waals surface area contributed by atoms with Crippen LogP contribution in [0.1, 0.15) is 0 Å². The summed E-state index contributed by atoms with van der Waals surface area (Å²) in [6.07, 6.45) is 0. The molecule has 31 heteroatoms. The Balaban J connectivity index is -0.0000000154. The molecule has 18 nitrogen and oxygen atoms in total. The smallest absolute Gasteiger partial charge is 0.741 e. The van der Waals surface area contributed by atoms with E-state index in [0.29, 0.717) is 0 Å². The fourth-order valence-corrected chi connectivity index (χ4v) is 0. The third-order valence-corrected chi connectivity index (χ3v) is 2.55. The van der Waals surface area contributed by atoms with E-state index in [1.54, 1.807) is 0 Å². The van der Waals surface area contributed by atoms with Crippen molar-refractivity contribution in [2.75, 3.05) is 0 Å². The van der Waals surface area contributed by atoms with Crippen molar-refractivity contribution in [2.45, 2.75) is 16.5 Å². The first-order chi connectivity index (χ1) is 9.75. The summed E-state index contributed by atoms with van der Waals surface area (Å²) >= 11 is 0. The largest absolute Gasteiger partial charge is 3.00 e. The zero-order valence-electron chi connectivity index (χ0n) is 15.6. The molecule has 222 valence electrons. The van der Waals surface area contributed by atoms with E-state index in [1.807, 2.05) is 0 Å². The number of halogens is 9. The Morgan fingerprint density at radius 2 is 0.382 bits per heavy atom. The monoisotopic (exact) mass is 707 g/mol. The Bertz CT molecular complexity index is 607. The van der Waals surface area contributed by atoms with Crippen LogP contribution in [0.2, 0.25) is 0 Å². The molecule has 0 unspecified atom stereocenters. The van der Waals surface area contributed by atoms with Gasteiger partial charge in [-0.05, 0) is 0 Å². The number of hydrogen-bond acceptors (Lipinski definition) is 9. The SMILES string of the molecule is O=S(=O)([O-])C(F)(F)F.O=S(=O)([O-])C(F)(F)F.O=S(=O)([O-])C(F)(F)F.[OH3+].[OH3+].[OH3+].[OH3+].[OH3+].[OH3+].[OH3+].[OH3+].[OH3+].[Y+3]. The minimum Gasteiger partial charge on any atom is -0.741 e. The van der Waals surface area contributed by atoms with Gasteiger partial charge in [-0.15, -0.1) is 0 Å². The first-order valence-corrected chi connectivity index (χ1v) is 8.04. The Labute approximate surface area is 207 Å². The minimum absolute atomic E-state index is 0. The number of alkyl halides is 9. The summed E-state index contributed by atoms with van der Waals surface area (Å²) in [4.78, 5) is 0. The van der Waals surface area contributed by atoms with Crippen molar-refractivity contribution in [3.05, 3.63) is 0 Å². The molecule has 34 heavy (non-hydrogen) atoms. The molecule has 0 atom stereocenters. The van der Waals surface area contributed by atoms with Gasteiger partial charge >= 0.3 is 49.2 Å². The fourth-order valence-electron chi connectivity index (χ4n) is 0. The van der Waals surface area contributed by atoms with E-state index in [4.69, 9.17) is 38.9 Å². The molecule has 0 rings (SSSR count). The summed E-state index contributed by atoms with van der Waals surface area (Å²) in [6, 6.07) is 0. The van der Waals surface area contributed by atoms with Crippen molar-refractivity contribution in [1.82, 2.24) is 0 Å². The normalized spacial score (nSPS) is 9.88. The van der Waals surface area contributed by atoms with E-state index >= 15 is 0 Å². The van der Waals surface area contributed by atoms with Crippen LogP contribution in [0.15, 0.2) is 0 Å². The molecule has 0 aromatic rings. The van der Waals surface area contributed by atoms with Gasteiger partial charge in [-0.1, -0.05) is 0 Å². The van der Waals surface area contributed by atoms with Gasteiger partial charge in [0.25, 0.3) is 0 Å². The fraction of sp³-hybridized carbons (Fsp3) is 1.00.